The molecular formula is C48H50F2N4S4. The topological polar surface area (TPSA) is 51.6 Å². The number of halogens is 2. The number of fused-ring (bicyclic) bond motifs is 3. The Balaban J connectivity index is 1.01. The lowest BCUT2D eigenvalue weighted by Gasteiger charge is -2.14. The first-order valence-corrected chi connectivity index (χ1v) is 24.1. The smallest absolute Gasteiger partial charge is 0.131 e. The molecule has 0 bridgehead atoms. The van der Waals surface area contributed by atoms with Crippen LogP contribution in [0.4, 0.5) is 8.78 Å². The minimum Gasteiger partial charge on any atom is -0.206 e. The van der Waals surface area contributed by atoms with Crippen LogP contribution in [-0.4, -0.2) is 17.5 Å². The van der Waals surface area contributed by atoms with Crippen molar-refractivity contribution in [3.63, 3.8) is 0 Å². The Bertz CT molecular complexity index is 2440. The fourth-order valence-corrected chi connectivity index (χ4v) is 12.0. The lowest BCUT2D eigenvalue weighted by atomic mass is 9.91. The number of hydrogen-bond donors (Lipinski definition) is 0. The van der Waals surface area contributed by atoms with Crippen LogP contribution in [0.3, 0.4) is 0 Å². The van der Waals surface area contributed by atoms with Crippen LogP contribution in [0.25, 0.3) is 74.6 Å². The molecule has 0 radical (unpaired) electrons. The highest BCUT2D eigenvalue weighted by atomic mass is 32.1. The Labute approximate surface area is 357 Å². The molecule has 2 atom stereocenters. The Morgan fingerprint density at radius 3 is 1.22 bits per heavy atom. The molecule has 4 aromatic carbocycles. The summed E-state index contributed by atoms with van der Waals surface area (Å²) in [5, 5.41) is 0. The van der Waals surface area contributed by atoms with Gasteiger partial charge in [-0.25, -0.2) is 8.78 Å². The summed E-state index contributed by atoms with van der Waals surface area (Å²) in [6.07, 6.45) is 13.8. The van der Waals surface area contributed by atoms with Gasteiger partial charge in [0, 0.05) is 52.5 Å². The maximum Gasteiger partial charge on any atom is 0.131 e. The van der Waals surface area contributed by atoms with E-state index in [0.717, 1.165) is 90.9 Å². The van der Waals surface area contributed by atoms with Crippen molar-refractivity contribution >= 4 is 77.6 Å². The highest BCUT2D eigenvalue weighted by molar-refractivity contribution is 7.31. The van der Waals surface area contributed by atoms with E-state index in [4.69, 9.17) is 8.75 Å². The van der Waals surface area contributed by atoms with Gasteiger partial charge in [-0.3, -0.25) is 0 Å². The summed E-state index contributed by atoms with van der Waals surface area (Å²) >= 11 is 5.77. The van der Waals surface area contributed by atoms with E-state index in [1.54, 1.807) is 34.8 Å². The van der Waals surface area contributed by atoms with Crippen molar-refractivity contribution in [2.24, 2.45) is 11.8 Å². The molecule has 4 heterocycles. The number of thiophene rings is 2. The summed E-state index contributed by atoms with van der Waals surface area (Å²) < 4.78 is 52.5. The van der Waals surface area contributed by atoms with E-state index in [1.807, 2.05) is 24.3 Å². The van der Waals surface area contributed by atoms with Gasteiger partial charge >= 0.3 is 0 Å². The van der Waals surface area contributed by atoms with E-state index in [2.05, 4.69) is 72.8 Å². The molecule has 0 spiro atoms. The second kappa shape index (κ2) is 18.5. The maximum atomic E-state index is 15.7. The van der Waals surface area contributed by atoms with Crippen molar-refractivity contribution in [2.75, 3.05) is 0 Å². The van der Waals surface area contributed by atoms with Gasteiger partial charge in [-0.15, -0.1) is 22.7 Å². The average Bonchev–Trinajstić information content (AvgIpc) is 4.06. The van der Waals surface area contributed by atoms with Gasteiger partial charge in [0.1, 0.15) is 33.7 Å². The normalized spacial score (nSPS) is 13.0. The van der Waals surface area contributed by atoms with Crippen LogP contribution in [0.15, 0.2) is 72.8 Å². The summed E-state index contributed by atoms with van der Waals surface area (Å²) in [6.45, 7) is 9.00. The molecule has 8 rings (SSSR count). The lowest BCUT2D eigenvalue weighted by molar-refractivity contribution is 0.421. The van der Waals surface area contributed by atoms with E-state index < -0.39 is 0 Å². The van der Waals surface area contributed by atoms with E-state index in [-0.39, 0.29) is 11.6 Å². The number of rotatable bonds is 18. The number of hydrogen-bond acceptors (Lipinski definition) is 8. The molecule has 0 aliphatic carbocycles. The molecule has 8 aromatic rings. The van der Waals surface area contributed by atoms with E-state index in [1.165, 1.54) is 84.2 Å². The third-order valence-electron chi connectivity index (χ3n) is 12.0. The van der Waals surface area contributed by atoms with Crippen molar-refractivity contribution in [1.29, 1.82) is 0 Å². The van der Waals surface area contributed by atoms with Gasteiger partial charge in [-0.1, -0.05) is 128 Å². The van der Waals surface area contributed by atoms with Crippen molar-refractivity contribution in [3.8, 4) is 43.1 Å². The van der Waals surface area contributed by atoms with Gasteiger partial charge in [-0.05, 0) is 72.9 Å². The largest absolute Gasteiger partial charge is 0.206 e. The third-order valence-corrected chi connectivity index (χ3v) is 15.4. The van der Waals surface area contributed by atoms with E-state index in [9.17, 15) is 0 Å². The molecule has 10 heteroatoms. The van der Waals surface area contributed by atoms with Gasteiger partial charge in [-0.2, -0.15) is 17.5 Å². The summed E-state index contributed by atoms with van der Waals surface area (Å²) in [6, 6.07) is 24.0. The molecule has 58 heavy (non-hydrogen) atoms. The minimum absolute atomic E-state index is 0.209. The molecule has 0 N–H and O–H groups in total. The average molecular weight is 849 g/mol. The number of aromatic nitrogens is 4. The van der Waals surface area contributed by atoms with Crippen LogP contribution in [0.1, 0.15) is 103 Å². The predicted molar refractivity (Wildman–Crippen MR) is 247 cm³/mol. The Morgan fingerprint density at radius 2 is 0.845 bits per heavy atom. The van der Waals surface area contributed by atoms with Gasteiger partial charge in [0.15, 0.2) is 0 Å². The first-order chi connectivity index (χ1) is 28.4. The molecular weight excluding hydrogens is 799 g/mol. The molecule has 0 saturated heterocycles. The summed E-state index contributed by atoms with van der Waals surface area (Å²) in [4.78, 5) is 2.20. The highest BCUT2D eigenvalue weighted by Gasteiger charge is 2.21. The lowest BCUT2D eigenvalue weighted by Crippen LogP contribution is -2.01. The first-order valence-electron chi connectivity index (χ1n) is 21.0. The highest BCUT2D eigenvalue weighted by Crippen LogP contribution is 2.46. The van der Waals surface area contributed by atoms with Gasteiger partial charge in [0.2, 0.25) is 0 Å². The van der Waals surface area contributed by atoms with Crippen LogP contribution in [-0.2, 0) is 12.8 Å². The second-order valence-electron chi connectivity index (χ2n) is 15.7. The minimum atomic E-state index is -0.209. The van der Waals surface area contributed by atoms with Gasteiger partial charge in [0.25, 0.3) is 0 Å². The zero-order chi connectivity index (χ0) is 40.2. The molecule has 0 aliphatic heterocycles. The zero-order valence-electron chi connectivity index (χ0n) is 33.7. The molecule has 300 valence electrons. The molecule has 4 aromatic heterocycles. The van der Waals surface area contributed by atoms with Crippen LogP contribution in [0.2, 0.25) is 0 Å². The van der Waals surface area contributed by atoms with Crippen LogP contribution in [0, 0.1) is 23.5 Å². The van der Waals surface area contributed by atoms with Crippen molar-refractivity contribution < 1.29 is 8.78 Å². The molecule has 2 unspecified atom stereocenters. The number of unbranched alkanes of at least 4 members (excludes halogenated alkanes) is 2. The number of nitrogens with zero attached hydrogens (tertiary/aromatic N) is 4. The van der Waals surface area contributed by atoms with Gasteiger partial charge < -0.3 is 0 Å². The van der Waals surface area contributed by atoms with Crippen LogP contribution in [0.5, 0.6) is 0 Å². The third kappa shape index (κ3) is 8.53. The second-order valence-corrected chi connectivity index (χ2v) is 19.0. The number of aryl methyl sites for hydroxylation is 2. The molecule has 0 amide bonds. The van der Waals surface area contributed by atoms with Crippen LogP contribution >= 0.6 is 46.1 Å². The molecule has 0 aliphatic rings. The molecule has 0 saturated carbocycles. The maximum absolute atomic E-state index is 15.7. The summed E-state index contributed by atoms with van der Waals surface area (Å²) in [7, 11) is 0. The van der Waals surface area contributed by atoms with Gasteiger partial charge in [0.05, 0.1) is 23.5 Å². The Morgan fingerprint density at radius 1 is 0.466 bits per heavy atom. The molecule has 4 nitrogen and oxygen atoms in total. The standard InChI is InChI=1S/C48H50F2N4S4/c1-5-9-11-29(7-3)13-15-31-17-19-33(39(49)25-31)35-21-23-37(47-45(35)51-57-53-47)41-27-43-44(55-41)28-42(56-43)38-24-22-36(46-48(38)54-58-52-46)34-20-18-32(26-40(34)50)16-14-30(8-4)12-10-6-2/h17-30H,5-16H2,1-4H3. The van der Waals surface area contributed by atoms with Crippen molar-refractivity contribution in [1.82, 2.24) is 17.5 Å². The quantitative estimate of drug-likeness (QED) is 0.0863. The van der Waals surface area contributed by atoms with Crippen LogP contribution < -0.4 is 0 Å². The molecule has 0 fully saturated rings. The van der Waals surface area contributed by atoms with E-state index >= 15 is 8.78 Å². The fraction of sp³-hybridized carbons (Fsp3) is 0.375. The monoisotopic (exact) mass is 848 g/mol. The van der Waals surface area contributed by atoms with Crippen molar-refractivity contribution in [2.45, 2.75) is 105 Å². The summed E-state index contributed by atoms with van der Waals surface area (Å²) in [5.74, 6) is 0.967. The predicted octanol–water partition coefficient (Wildman–Crippen LogP) is 16.2. The SMILES string of the molecule is CCCCC(CC)CCc1ccc(-c2ccc(-c3cc4sc(-c5ccc(-c6ccc(CCC(CC)CCCC)cc6F)c6nsnc56)cc4s3)c3nsnc23)c(F)c1. The Kier molecular flexibility index (Phi) is 13.0. The fourth-order valence-electron chi connectivity index (χ4n) is 8.36. The summed E-state index contributed by atoms with van der Waals surface area (Å²) in [5.41, 5.74) is 9.83. The number of benzene rings is 4. The van der Waals surface area contributed by atoms with Crippen molar-refractivity contribution in [3.05, 3.63) is 95.6 Å². The zero-order valence-corrected chi connectivity index (χ0v) is 37.0. The first kappa shape index (κ1) is 40.8. The Hall–Kier alpha value is -3.96. The van der Waals surface area contributed by atoms with E-state index in [0.29, 0.717) is 23.0 Å².